The van der Waals surface area contributed by atoms with Crippen LogP contribution in [0.2, 0.25) is 0 Å². The number of nitrogens with zero attached hydrogens (tertiary/aromatic N) is 3. The quantitative estimate of drug-likeness (QED) is 0.894. The summed E-state index contributed by atoms with van der Waals surface area (Å²) in [6.45, 7) is 4.44. The molecule has 25 heavy (non-hydrogen) atoms. The third-order valence-corrected chi connectivity index (χ3v) is 5.70. The number of aryl methyl sites for hydroxylation is 2. The van der Waals surface area contributed by atoms with Crippen LogP contribution in [0.15, 0.2) is 16.9 Å². The minimum Gasteiger partial charge on any atom is -0.377 e. The van der Waals surface area contributed by atoms with Crippen molar-refractivity contribution in [1.29, 1.82) is 0 Å². The predicted octanol–water partition coefficient (Wildman–Crippen LogP) is 1.56. The molecule has 2 unspecified atom stereocenters. The Balaban J connectivity index is 1.56. The van der Waals surface area contributed by atoms with E-state index in [-0.39, 0.29) is 23.6 Å². The second kappa shape index (κ2) is 6.34. The van der Waals surface area contributed by atoms with Gasteiger partial charge >= 0.3 is 0 Å². The first-order valence-electron chi connectivity index (χ1n) is 8.45. The number of hydrogen-bond acceptors (Lipinski definition) is 6. The van der Waals surface area contributed by atoms with Crippen molar-refractivity contribution in [2.24, 2.45) is 0 Å². The van der Waals surface area contributed by atoms with Gasteiger partial charge in [0.05, 0.1) is 35.7 Å². The van der Waals surface area contributed by atoms with Gasteiger partial charge in [-0.15, -0.1) is 11.3 Å². The van der Waals surface area contributed by atoms with E-state index in [1.165, 1.54) is 16.0 Å². The van der Waals surface area contributed by atoms with Crippen LogP contribution in [0.5, 0.6) is 0 Å². The molecule has 4 rings (SSSR count). The van der Waals surface area contributed by atoms with Gasteiger partial charge in [0.25, 0.3) is 11.5 Å². The maximum absolute atomic E-state index is 12.6. The zero-order valence-electron chi connectivity index (χ0n) is 14.2. The average Bonchev–Trinajstić information content (AvgIpc) is 3.23. The lowest BCUT2D eigenvalue weighted by Crippen LogP contribution is -2.44. The first-order valence-corrected chi connectivity index (χ1v) is 9.27. The van der Waals surface area contributed by atoms with Crippen LogP contribution in [0.3, 0.4) is 0 Å². The molecule has 2 fully saturated rings. The lowest BCUT2D eigenvalue weighted by atomic mass is 10.1. The van der Waals surface area contributed by atoms with Crippen LogP contribution >= 0.6 is 11.3 Å². The number of hydrogen-bond donors (Lipinski definition) is 1. The molecule has 1 aliphatic carbocycles. The van der Waals surface area contributed by atoms with Crippen LogP contribution in [0, 0.1) is 13.8 Å². The molecule has 8 heteroatoms. The largest absolute Gasteiger partial charge is 0.377 e. The van der Waals surface area contributed by atoms with Crippen LogP contribution in [0.4, 0.5) is 0 Å². The molecule has 2 aliphatic rings. The summed E-state index contributed by atoms with van der Waals surface area (Å²) < 4.78 is 7.02. The van der Waals surface area contributed by atoms with E-state index in [1.807, 2.05) is 19.9 Å². The van der Waals surface area contributed by atoms with Crippen molar-refractivity contribution >= 4 is 17.2 Å². The van der Waals surface area contributed by atoms with Gasteiger partial charge in [0.1, 0.15) is 10.9 Å². The molecule has 2 atom stereocenters. The van der Waals surface area contributed by atoms with Crippen LogP contribution in [-0.2, 0) is 4.74 Å². The summed E-state index contributed by atoms with van der Waals surface area (Å²) in [6, 6.07) is 2.80. The highest BCUT2D eigenvalue weighted by atomic mass is 32.1. The highest BCUT2D eigenvalue weighted by molar-refractivity contribution is 7.13. The molecule has 2 aromatic rings. The van der Waals surface area contributed by atoms with Crippen molar-refractivity contribution in [3.05, 3.63) is 43.8 Å². The van der Waals surface area contributed by atoms with Gasteiger partial charge in [-0.05, 0) is 32.8 Å². The van der Waals surface area contributed by atoms with Crippen molar-refractivity contribution in [3.63, 3.8) is 0 Å². The molecule has 0 spiro atoms. The summed E-state index contributed by atoms with van der Waals surface area (Å²) in [5.74, 6) is 0.292. The molecular formula is C17H20N4O3S. The van der Waals surface area contributed by atoms with Crippen molar-refractivity contribution in [2.45, 2.75) is 44.7 Å². The normalized spacial score (nSPS) is 23.0. The average molecular weight is 360 g/mol. The minimum absolute atomic E-state index is 0.163. The summed E-state index contributed by atoms with van der Waals surface area (Å²) >= 11 is 1.37. The lowest BCUT2D eigenvalue weighted by molar-refractivity contribution is 0.0928. The Hall–Kier alpha value is -2.06. The summed E-state index contributed by atoms with van der Waals surface area (Å²) in [5.41, 5.74) is 1.51. The third kappa shape index (κ3) is 3.23. The standard InChI is InChI=1S/C17H20N4O3S/c1-9-16(25-10(2)18-9)17(23)19-13-7-24-8-14(13)21-15(22)6-5-12(20-21)11-3-4-11/h5-6,11,13-14H,3-4,7-8H2,1-2H3,(H,19,23). The van der Waals surface area contributed by atoms with Gasteiger partial charge in [0, 0.05) is 12.0 Å². The molecule has 1 saturated heterocycles. The number of aromatic nitrogens is 3. The first-order chi connectivity index (χ1) is 12.0. The Bertz CT molecular complexity index is 871. The highest BCUT2D eigenvalue weighted by Crippen LogP contribution is 2.38. The monoisotopic (exact) mass is 360 g/mol. The maximum atomic E-state index is 12.6. The number of amides is 1. The van der Waals surface area contributed by atoms with Crippen LogP contribution in [0.1, 0.15) is 50.9 Å². The SMILES string of the molecule is Cc1nc(C)c(C(=O)NC2COCC2n2nc(C3CC3)ccc2=O)s1. The topological polar surface area (TPSA) is 86.1 Å². The first kappa shape index (κ1) is 16.4. The Morgan fingerprint density at radius 1 is 1.32 bits per heavy atom. The fourth-order valence-corrected chi connectivity index (χ4v) is 4.00. The maximum Gasteiger partial charge on any atom is 0.267 e. The summed E-state index contributed by atoms with van der Waals surface area (Å²) in [6.07, 6.45) is 2.24. The molecule has 1 amide bonds. The summed E-state index contributed by atoms with van der Waals surface area (Å²) in [4.78, 5) is 29.8. The van der Waals surface area contributed by atoms with E-state index >= 15 is 0 Å². The van der Waals surface area contributed by atoms with E-state index in [1.54, 1.807) is 6.07 Å². The fourth-order valence-electron chi connectivity index (χ4n) is 3.17. The summed E-state index contributed by atoms with van der Waals surface area (Å²) in [7, 11) is 0. The van der Waals surface area contributed by atoms with E-state index in [0.29, 0.717) is 24.0 Å². The van der Waals surface area contributed by atoms with Gasteiger partial charge in [0.15, 0.2) is 0 Å². The van der Waals surface area contributed by atoms with Crippen molar-refractivity contribution in [2.75, 3.05) is 13.2 Å². The second-order valence-corrected chi connectivity index (χ2v) is 7.85. The molecule has 2 aromatic heterocycles. The third-order valence-electron chi connectivity index (χ3n) is 4.63. The van der Waals surface area contributed by atoms with Gasteiger partial charge in [-0.25, -0.2) is 9.67 Å². The molecular weight excluding hydrogens is 340 g/mol. The summed E-state index contributed by atoms with van der Waals surface area (Å²) in [5, 5.41) is 8.39. The Labute approximate surface area is 149 Å². The van der Waals surface area contributed by atoms with E-state index in [9.17, 15) is 9.59 Å². The van der Waals surface area contributed by atoms with E-state index < -0.39 is 0 Å². The Kier molecular flexibility index (Phi) is 4.16. The van der Waals surface area contributed by atoms with Gasteiger partial charge in [-0.2, -0.15) is 5.10 Å². The van der Waals surface area contributed by atoms with E-state index in [0.717, 1.165) is 29.2 Å². The van der Waals surface area contributed by atoms with Crippen LogP contribution in [-0.4, -0.2) is 39.9 Å². The highest BCUT2D eigenvalue weighted by Gasteiger charge is 2.34. The number of carbonyl (C=O) groups excluding carboxylic acids is 1. The van der Waals surface area contributed by atoms with E-state index in [2.05, 4.69) is 15.4 Å². The molecule has 1 saturated carbocycles. The molecule has 7 nitrogen and oxygen atoms in total. The van der Waals surface area contributed by atoms with Gasteiger partial charge in [-0.3, -0.25) is 9.59 Å². The molecule has 0 bridgehead atoms. The zero-order valence-corrected chi connectivity index (χ0v) is 15.0. The van der Waals surface area contributed by atoms with Crippen molar-refractivity contribution in [3.8, 4) is 0 Å². The number of thiazole rings is 1. The number of carbonyl (C=O) groups is 1. The molecule has 0 radical (unpaired) electrons. The Morgan fingerprint density at radius 2 is 2.12 bits per heavy atom. The van der Waals surface area contributed by atoms with Gasteiger partial charge < -0.3 is 10.1 Å². The molecule has 132 valence electrons. The molecule has 3 heterocycles. The van der Waals surface area contributed by atoms with Crippen molar-refractivity contribution < 1.29 is 9.53 Å². The van der Waals surface area contributed by atoms with Gasteiger partial charge in [0.2, 0.25) is 0 Å². The number of ether oxygens (including phenoxy) is 1. The van der Waals surface area contributed by atoms with Crippen LogP contribution in [0.25, 0.3) is 0 Å². The molecule has 1 aliphatic heterocycles. The lowest BCUT2D eigenvalue weighted by Gasteiger charge is -2.20. The molecule has 0 aromatic carbocycles. The van der Waals surface area contributed by atoms with Gasteiger partial charge in [-0.1, -0.05) is 0 Å². The van der Waals surface area contributed by atoms with Crippen LogP contribution < -0.4 is 10.9 Å². The fraction of sp³-hybridized carbons (Fsp3) is 0.529. The smallest absolute Gasteiger partial charge is 0.267 e. The van der Waals surface area contributed by atoms with E-state index in [4.69, 9.17) is 4.74 Å². The molecule has 1 N–H and O–H groups in total. The van der Waals surface area contributed by atoms with Crippen molar-refractivity contribution in [1.82, 2.24) is 20.1 Å². The number of nitrogens with one attached hydrogen (secondary N) is 1. The predicted molar refractivity (Wildman–Crippen MR) is 93.2 cm³/mol. The second-order valence-electron chi connectivity index (χ2n) is 6.65. The minimum atomic E-state index is -0.288. The zero-order chi connectivity index (χ0) is 17.6. The number of rotatable bonds is 4. The Morgan fingerprint density at radius 3 is 2.80 bits per heavy atom.